The van der Waals surface area contributed by atoms with Crippen LogP contribution < -0.4 is 10.6 Å². The Morgan fingerprint density at radius 1 is 1.44 bits per heavy atom. The molecule has 0 saturated heterocycles. The molecular weight excluding hydrogens is 236 g/mol. The molecule has 1 aromatic heterocycles. The first kappa shape index (κ1) is 12.3. The number of rotatable bonds is 6. The number of anilines is 1. The second-order valence-electron chi connectivity index (χ2n) is 3.71. The summed E-state index contributed by atoms with van der Waals surface area (Å²) in [6.45, 7) is 4.41. The van der Waals surface area contributed by atoms with Gasteiger partial charge >= 0.3 is 0 Å². The van der Waals surface area contributed by atoms with Gasteiger partial charge in [0.15, 0.2) is 5.58 Å². The van der Waals surface area contributed by atoms with Crippen molar-refractivity contribution in [3.63, 3.8) is 0 Å². The van der Waals surface area contributed by atoms with Crippen LogP contribution in [0.2, 0.25) is 0 Å². The number of benzene rings is 1. The largest absolute Gasteiger partial charge is 0.424 e. The van der Waals surface area contributed by atoms with Gasteiger partial charge in [-0.1, -0.05) is 6.92 Å². The highest BCUT2D eigenvalue weighted by atomic mass is 16.6. The number of nitro groups is 1. The Bertz CT molecular complexity index is 552. The summed E-state index contributed by atoms with van der Waals surface area (Å²) in [6.07, 6.45) is 0. The Labute approximate surface area is 103 Å². The van der Waals surface area contributed by atoms with E-state index in [9.17, 15) is 10.1 Å². The van der Waals surface area contributed by atoms with Gasteiger partial charge in [0, 0.05) is 25.2 Å². The minimum absolute atomic E-state index is 0.00926. The molecule has 0 aliphatic rings. The molecular formula is C11H14N4O3. The smallest absolute Gasteiger partial charge is 0.295 e. The zero-order chi connectivity index (χ0) is 13.0. The fourth-order valence-corrected chi connectivity index (χ4v) is 1.54. The van der Waals surface area contributed by atoms with Crippen LogP contribution in [-0.4, -0.2) is 29.5 Å². The first-order valence-electron chi connectivity index (χ1n) is 5.70. The van der Waals surface area contributed by atoms with E-state index in [1.165, 1.54) is 12.1 Å². The topological polar surface area (TPSA) is 93.2 Å². The number of hydrogen-bond acceptors (Lipinski definition) is 6. The van der Waals surface area contributed by atoms with Crippen molar-refractivity contribution in [1.29, 1.82) is 0 Å². The third-order valence-corrected chi connectivity index (χ3v) is 2.41. The number of oxazole rings is 1. The monoisotopic (exact) mass is 250 g/mol. The maximum atomic E-state index is 10.6. The van der Waals surface area contributed by atoms with Crippen LogP contribution in [0.3, 0.4) is 0 Å². The van der Waals surface area contributed by atoms with Gasteiger partial charge < -0.3 is 15.1 Å². The van der Waals surface area contributed by atoms with Crippen molar-refractivity contribution in [2.45, 2.75) is 6.92 Å². The maximum Gasteiger partial charge on any atom is 0.295 e. The first-order chi connectivity index (χ1) is 8.70. The van der Waals surface area contributed by atoms with Crippen molar-refractivity contribution >= 4 is 22.8 Å². The van der Waals surface area contributed by atoms with Gasteiger partial charge in [-0.3, -0.25) is 10.1 Å². The van der Waals surface area contributed by atoms with E-state index in [2.05, 4.69) is 15.6 Å². The van der Waals surface area contributed by atoms with Gasteiger partial charge in [-0.2, -0.15) is 4.98 Å². The molecule has 96 valence electrons. The molecule has 0 radical (unpaired) electrons. The predicted molar refractivity (Wildman–Crippen MR) is 67.7 cm³/mol. The Kier molecular flexibility index (Phi) is 3.73. The van der Waals surface area contributed by atoms with E-state index < -0.39 is 4.92 Å². The van der Waals surface area contributed by atoms with Crippen molar-refractivity contribution in [3.05, 3.63) is 28.3 Å². The van der Waals surface area contributed by atoms with Crippen LogP contribution in [0.4, 0.5) is 11.7 Å². The molecule has 0 amide bonds. The fraction of sp³-hybridized carbons (Fsp3) is 0.364. The van der Waals surface area contributed by atoms with Crippen LogP contribution >= 0.6 is 0 Å². The maximum absolute atomic E-state index is 10.6. The van der Waals surface area contributed by atoms with Crippen molar-refractivity contribution < 1.29 is 9.34 Å². The molecule has 2 aromatic rings. The number of nitrogens with zero attached hydrogens (tertiary/aromatic N) is 2. The van der Waals surface area contributed by atoms with Crippen molar-refractivity contribution in [2.75, 3.05) is 25.0 Å². The summed E-state index contributed by atoms with van der Waals surface area (Å²) in [4.78, 5) is 14.3. The summed E-state index contributed by atoms with van der Waals surface area (Å²) in [5.41, 5.74) is 1.02. The zero-order valence-corrected chi connectivity index (χ0v) is 9.97. The Morgan fingerprint density at radius 3 is 3.00 bits per heavy atom. The summed E-state index contributed by atoms with van der Waals surface area (Å²) in [6, 6.07) is 4.73. The molecule has 2 N–H and O–H groups in total. The van der Waals surface area contributed by atoms with E-state index in [0.29, 0.717) is 23.7 Å². The molecule has 0 spiro atoms. The number of nitrogens with one attached hydrogen (secondary N) is 2. The van der Waals surface area contributed by atoms with Crippen molar-refractivity contribution in [1.82, 2.24) is 10.3 Å². The van der Waals surface area contributed by atoms with E-state index in [1.807, 2.05) is 6.92 Å². The molecule has 7 heteroatoms. The third-order valence-electron chi connectivity index (χ3n) is 2.41. The van der Waals surface area contributed by atoms with Crippen LogP contribution in [0, 0.1) is 10.1 Å². The minimum Gasteiger partial charge on any atom is -0.424 e. The average Bonchev–Trinajstić information content (AvgIpc) is 2.76. The third kappa shape index (κ3) is 2.75. The summed E-state index contributed by atoms with van der Waals surface area (Å²) in [7, 11) is 0. The SMILES string of the molecule is CCNCCNc1nc2cc([N+](=O)[O-])ccc2o1. The molecule has 0 bridgehead atoms. The molecule has 1 heterocycles. The van der Waals surface area contributed by atoms with Crippen LogP contribution in [0.5, 0.6) is 0 Å². The lowest BCUT2D eigenvalue weighted by atomic mass is 10.3. The number of hydrogen-bond donors (Lipinski definition) is 2. The highest BCUT2D eigenvalue weighted by Gasteiger charge is 2.11. The number of nitro benzene ring substituents is 1. The lowest BCUT2D eigenvalue weighted by Gasteiger charge is -2.00. The summed E-state index contributed by atoms with van der Waals surface area (Å²) in [5, 5.41) is 16.8. The van der Waals surface area contributed by atoms with E-state index in [4.69, 9.17) is 4.42 Å². The summed E-state index contributed by atoms with van der Waals surface area (Å²) < 4.78 is 5.41. The predicted octanol–water partition coefficient (Wildman–Crippen LogP) is 1.76. The molecule has 0 aliphatic heterocycles. The lowest BCUT2D eigenvalue weighted by Crippen LogP contribution is -2.21. The minimum atomic E-state index is -0.452. The van der Waals surface area contributed by atoms with Crippen LogP contribution in [0.25, 0.3) is 11.1 Å². The van der Waals surface area contributed by atoms with Gasteiger partial charge in [0.1, 0.15) is 5.52 Å². The van der Waals surface area contributed by atoms with Gasteiger partial charge in [0.25, 0.3) is 11.7 Å². The lowest BCUT2D eigenvalue weighted by molar-refractivity contribution is -0.384. The van der Waals surface area contributed by atoms with E-state index in [-0.39, 0.29) is 5.69 Å². The van der Waals surface area contributed by atoms with Crippen molar-refractivity contribution in [2.24, 2.45) is 0 Å². The highest BCUT2D eigenvalue weighted by molar-refractivity contribution is 5.77. The van der Waals surface area contributed by atoms with Gasteiger partial charge in [-0.05, 0) is 12.6 Å². The van der Waals surface area contributed by atoms with Crippen LogP contribution in [0.1, 0.15) is 6.92 Å². The number of aromatic nitrogens is 1. The molecule has 18 heavy (non-hydrogen) atoms. The Morgan fingerprint density at radius 2 is 2.28 bits per heavy atom. The number of non-ortho nitro benzene ring substituents is 1. The van der Waals surface area contributed by atoms with Crippen LogP contribution in [-0.2, 0) is 0 Å². The second kappa shape index (κ2) is 5.46. The molecule has 0 atom stereocenters. The highest BCUT2D eigenvalue weighted by Crippen LogP contribution is 2.23. The average molecular weight is 250 g/mol. The van der Waals surface area contributed by atoms with Gasteiger partial charge in [0.05, 0.1) is 4.92 Å². The molecule has 0 aliphatic carbocycles. The molecule has 0 fully saturated rings. The quantitative estimate of drug-likeness (QED) is 0.461. The molecule has 0 unspecified atom stereocenters. The summed E-state index contributed by atoms with van der Waals surface area (Å²) in [5.74, 6) is 0. The Balaban J connectivity index is 2.09. The van der Waals surface area contributed by atoms with E-state index >= 15 is 0 Å². The van der Waals surface area contributed by atoms with Gasteiger partial charge in [-0.25, -0.2) is 0 Å². The molecule has 7 nitrogen and oxygen atoms in total. The summed E-state index contributed by atoms with van der Waals surface area (Å²) >= 11 is 0. The van der Waals surface area contributed by atoms with Crippen molar-refractivity contribution in [3.8, 4) is 0 Å². The number of likely N-dealkylation sites (N-methyl/N-ethyl adjacent to an activating group) is 1. The number of fused-ring (bicyclic) bond motifs is 1. The van der Waals surface area contributed by atoms with E-state index in [1.54, 1.807) is 6.07 Å². The normalized spacial score (nSPS) is 10.7. The molecule has 2 rings (SSSR count). The van der Waals surface area contributed by atoms with E-state index in [0.717, 1.165) is 13.1 Å². The van der Waals surface area contributed by atoms with Crippen LogP contribution in [0.15, 0.2) is 22.6 Å². The molecule has 0 saturated carbocycles. The zero-order valence-electron chi connectivity index (χ0n) is 9.97. The van der Waals surface area contributed by atoms with Gasteiger partial charge in [0.2, 0.25) is 0 Å². The molecule has 1 aromatic carbocycles. The Hall–Kier alpha value is -2.15. The second-order valence-corrected chi connectivity index (χ2v) is 3.71. The fourth-order valence-electron chi connectivity index (χ4n) is 1.54. The van der Waals surface area contributed by atoms with Gasteiger partial charge in [-0.15, -0.1) is 0 Å². The first-order valence-corrected chi connectivity index (χ1v) is 5.70. The standard InChI is InChI=1S/C11H14N4O3/c1-2-12-5-6-13-11-14-9-7-8(15(16)17)3-4-10(9)18-11/h3-4,7,12H,2,5-6H2,1H3,(H,13,14).